The van der Waals surface area contributed by atoms with Gasteiger partial charge in [-0.15, -0.1) is 0 Å². The largest absolute Gasteiger partial charge is 0.645 e. The number of rotatable bonds is 23. The van der Waals surface area contributed by atoms with Gasteiger partial charge in [0.15, 0.2) is 0 Å². The van der Waals surface area contributed by atoms with Crippen LogP contribution >= 0.6 is 0 Å². The van der Waals surface area contributed by atoms with Gasteiger partial charge in [0.1, 0.15) is 0 Å². The second-order valence-corrected chi connectivity index (χ2v) is 23.1. The van der Waals surface area contributed by atoms with Crippen molar-refractivity contribution in [3.63, 3.8) is 0 Å². The predicted molar refractivity (Wildman–Crippen MR) is 279 cm³/mol. The smallest absolute Gasteiger partial charge is 0.580 e. The Labute approximate surface area is 609 Å². The van der Waals surface area contributed by atoms with Gasteiger partial charge in [-0.05, 0) is 60.7 Å². The fourth-order valence-electron chi connectivity index (χ4n) is 12.0. The van der Waals surface area contributed by atoms with Crippen LogP contribution in [0.15, 0.2) is 72.8 Å². The highest BCUT2D eigenvalue weighted by Gasteiger charge is 2.82. The van der Waals surface area contributed by atoms with Crippen molar-refractivity contribution >= 4 is 12.2 Å². The zero-order valence-corrected chi connectivity index (χ0v) is 56.1. The number of hydrogen-bond acceptors (Lipinski definition) is 11. The van der Waals surface area contributed by atoms with Crippen molar-refractivity contribution < 1.29 is 263 Å². The molecule has 0 spiro atoms. The average Bonchev–Trinajstić information content (AvgIpc) is 0.707. The lowest BCUT2D eigenvalue weighted by Crippen LogP contribution is -2.66. The average molecular weight is 1810 g/mol. The first kappa shape index (κ1) is 101. The Morgan fingerprint density at radius 1 is 0.155 bits per heavy atom. The van der Waals surface area contributed by atoms with Crippen LogP contribution in [0.5, 0.6) is 17.2 Å². The van der Waals surface area contributed by atoms with Gasteiger partial charge in [-0.1, -0.05) is 17.6 Å². The van der Waals surface area contributed by atoms with Crippen LogP contribution in [-0.2, 0) is 82.7 Å². The molecular weight excluding hydrogens is 1770 g/mol. The number of alkyl halides is 48. The number of ether oxygens (including phenoxy) is 8. The summed E-state index contributed by atoms with van der Waals surface area (Å²) in [5.74, 6) is -11.7. The zero-order chi connectivity index (χ0) is 91.7. The standard InChI is InChI=1S/C56H36BF48O11/c1-106-33(41(58,59)60,42(61,62)63)21-9-22(34(107-2,43(64,65)66)44(67,68)69)14-29(13-21)57(114-30-15-23(35(108-3,45(70,71)72)46(73,74)75)10-24(16-30)36(109-4,47(76,77)78)48(79,80)81,115-31-17-25(37(110-5,49(82,83)84)50(85,86)87)11-26(18-31)38(111-6,51(88,89)90)52(91,92)93)116-32-19-27(39(112-7,53(94,95)96)54(97,98)99)12-28(20-32)40(113-8,55(100,101)102)56(103,104)105/h9-20H,1-8H3/q-1. The molecule has 4 rings (SSSR count). The Hall–Kier alpha value is -7.34. The van der Waals surface area contributed by atoms with Crippen LogP contribution in [0, 0.1) is 0 Å². The Morgan fingerprint density at radius 2 is 0.250 bits per heavy atom. The summed E-state index contributed by atoms with van der Waals surface area (Å²) in [6.45, 7) is -8.61. The van der Waals surface area contributed by atoms with E-state index >= 15 is 211 Å². The van der Waals surface area contributed by atoms with E-state index in [9.17, 15) is 0 Å². The Morgan fingerprint density at radius 3 is 0.336 bits per heavy atom. The van der Waals surface area contributed by atoms with E-state index in [4.69, 9.17) is 0 Å². The van der Waals surface area contributed by atoms with E-state index in [0.717, 1.165) is 0 Å². The maximum absolute atomic E-state index is 15.7. The highest BCUT2D eigenvalue weighted by atomic mass is 19.5. The minimum Gasteiger partial charge on any atom is -0.645 e. The summed E-state index contributed by atoms with van der Waals surface area (Å²) in [6.07, 6.45) is -127. The Kier molecular flexibility index (Phi) is 26.2. The molecule has 4 aromatic carbocycles. The lowest BCUT2D eigenvalue weighted by atomic mass is 9.65. The van der Waals surface area contributed by atoms with Crippen molar-refractivity contribution in [3.8, 4) is 17.2 Å². The van der Waals surface area contributed by atoms with E-state index in [1.165, 1.54) is 0 Å². The van der Waals surface area contributed by atoms with Crippen molar-refractivity contribution in [1.82, 2.24) is 0 Å². The SMILES string of the molecule is COC(c1cc(O[B-](Oc2cc(C(OC)(C(F)(F)F)C(F)(F)F)cc(C(OC)(C(F)(F)F)C(F)(F)F)c2)(Oc2cc(C(OC)(C(F)(F)F)C(F)(F)F)cc(C(OC)(C(F)(F)F)C(F)(F)F)c2)c2cc(C(OC)(C(F)(F)F)C(F)(F)F)cc(C(OC)(C(F)(F)F)C(F)(F)F)c2)cc(C(OC)(C(F)(F)F)C(F)(F)F)c1)(C(F)(F)F)C(F)(F)F. The third-order valence-corrected chi connectivity index (χ3v) is 17.0. The molecule has 0 aliphatic heterocycles. The topological polar surface area (TPSA) is 102 Å². The van der Waals surface area contributed by atoms with Gasteiger partial charge >= 0.3 is 106 Å². The molecule has 0 atom stereocenters. The summed E-state index contributed by atoms with van der Waals surface area (Å²) >= 11 is 0. The molecule has 0 aliphatic rings. The van der Waals surface area contributed by atoms with Gasteiger partial charge in [0.25, 0.3) is 44.8 Å². The first-order chi connectivity index (χ1) is 51.2. The highest BCUT2D eigenvalue weighted by molar-refractivity contribution is 6.77. The van der Waals surface area contributed by atoms with Crippen LogP contribution < -0.4 is 19.4 Å². The molecule has 0 N–H and O–H groups in total. The van der Waals surface area contributed by atoms with Crippen molar-refractivity contribution in [1.29, 1.82) is 0 Å². The molecule has 116 heavy (non-hydrogen) atoms. The van der Waals surface area contributed by atoms with Crippen molar-refractivity contribution in [3.05, 3.63) is 117 Å². The molecular formula is C56H36BF48O11-. The van der Waals surface area contributed by atoms with E-state index in [1.54, 1.807) is 0 Å². The van der Waals surface area contributed by atoms with Crippen LogP contribution in [0.4, 0.5) is 211 Å². The number of halogens is 48. The van der Waals surface area contributed by atoms with Gasteiger partial charge in [0.05, 0.1) is 17.2 Å². The van der Waals surface area contributed by atoms with Gasteiger partial charge in [-0.2, -0.15) is 211 Å². The van der Waals surface area contributed by atoms with Crippen LogP contribution in [0.2, 0.25) is 0 Å². The first-order valence-corrected chi connectivity index (χ1v) is 28.5. The van der Waals surface area contributed by atoms with E-state index < -0.39 is 347 Å². The van der Waals surface area contributed by atoms with Gasteiger partial charge in [0, 0.05) is 101 Å². The van der Waals surface area contributed by atoms with Gasteiger partial charge in [-0.25, -0.2) is 0 Å². The minimum atomic E-state index is -8.61. The molecule has 0 aromatic heterocycles. The summed E-state index contributed by atoms with van der Waals surface area (Å²) < 4.78 is 786. The summed E-state index contributed by atoms with van der Waals surface area (Å²) in [4.78, 5) is 0. The van der Waals surface area contributed by atoms with E-state index in [1.807, 2.05) is 0 Å². The lowest BCUT2D eigenvalue weighted by molar-refractivity contribution is -0.386. The molecule has 0 aliphatic carbocycles. The molecule has 0 amide bonds. The van der Waals surface area contributed by atoms with Gasteiger partial charge in [0.2, 0.25) is 0 Å². The Balaban J connectivity index is 3.19. The number of methoxy groups -OCH3 is 8. The minimum absolute atomic E-state index is 1.03. The third kappa shape index (κ3) is 15.4. The van der Waals surface area contributed by atoms with Gasteiger partial charge < -0.3 is 51.9 Å². The number of hydrogen-bond donors (Lipinski definition) is 0. The molecule has 0 unspecified atom stereocenters. The molecule has 666 valence electrons. The summed E-state index contributed by atoms with van der Waals surface area (Å²) in [7, 11) is -8.44. The van der Waals surface area contributed by atoms with Crippen LogP contribution in [-0.4, -0.2) is 162 Å². The van der Waals surface area contributed by atoms with Crippen molar-refractivity contribution in [2.24, 2.45) is 0 Å². The fourth-order valence-corrected chi connectivity index (χ4v) is 12.0. The lowest BCUT2D eigenvalue weighted by Gasteiger charge is -2.47. The fraction of sp³-hybridized carbons (Fsp3) is 0.571. The third-order valence-electron chi connectivity index (χ3n) is 17.0. The van der Waals surface area contributed by atoms with E-state index in [2.05, 4.69) is 51.9 Å². The number of benzene rings is 4. The molecule has 0 saturated carbocycles. The molecule has 0 fully saturated rings. The second kappa shape index (κ2) is 30.1. The van der Waals surface area contributed by atoms with Crippen LogP contribution in [0.25, 0.3) is 0 Å². The molecule has 0 heterocycles. The van der Waals surface area contributed by atoms with Crippen molar-refractivity contribution in [2.75, 3.05) is 56.9 Å². The monoisotopic (exact) mass is 1810 g/mol. The molecule has 60 heteroatoms. The molecule has 4 aromatic rings. The Bertz CT molecular complexity index is 3440. The van der Waals surface area contributed by atoms with Crippen molar-refractivity contribution in [2.45, 2.75) is 144 Å². The zero-order valence-electron chi connectivity index (χ0n) is 56.1. The summed E-state index contributed by atoms with van der Waals surface area (Å²) in [5, 5.41) is 0. The molecule has 0 bridgehead atoms. The molecule has 0 saturated heterocycles. The molecule has 11 nitrogen and oxygen atoms in total. The van der Waals surface area contributed by atoms with Crippen LogP contribution in [0.3, 0.4) is 0 Å². The van der Waals surface area contributed by atoms with Crippen LogP contribution in [0.1, 0.15) is 44.5 Å². The second-order valence-electron chi connectivity index (χ2n) is 23.1. The molecule has 0 radical (unpaired) electrons. The quantitative estimate of drug-likeness (QED) is 0.0524. The normalized spacial score (nSPS) is 15.5. The first-order valence-electron chi connectivity index (χ1n) is 28.5. The van der Waals surface area contributed by atoms with E-state index in [-0.39, 0.29) is 0 Å². The summed E-state index contributed by atoms with van der Waals surface area (Å²) in [6, 6.07) is -23.1. The van der Waals surface area contributed by atoms with Gasteiger partial charge in [-0.3, -0.25) is 0 Å². The van der Waals surface area contributed by atoms with E-state index in [0.29, 0.717) is 0 Å². The maximum Gasteiger partial charge on any atom is 0.580 e. The maximum atomic E-state index is 15.7. The highest BCUT2D eigenvalue weighted by Crippen LogP contribution is 2.64. The summed E-state index contributed by atoms with van der Waals surface area (Å²) in [5.41, 5.74) is -93.5. The predicted octanol–water partition coefficient (Wildman–Crippen LogP) is 20.8.